The Bertz CT molecular complexity index is 538. The summed E-state index contributed by atoms with van der Waals surface area (Å²) >= 11 is 11.8. The number of halogens is 2. The standard InChI is InChI=1S/C13H12Cl2N2O/c14-11-2-1-10(13(15)8-11)7-12(18)3-5-17-6-4-16-9-17/h1-2,4,6,8-9H,3,5,7H2. The van der Waals surface area contributed by atoms with Crippen LogP contribution in [-0.2, 0) is 17.8 Å². The summed E-state index contributed by atoms with van der Waals surface area (Å²) in [4.78, 5) is 15.7. The second-order valence-corrected chi connectivity index (χ2v) is 4.85. The fourth-order valence-electron chi connectivity index (χ4n) is 1.64. The van der Waals surface area contributed by atoms with Gasteiger partial charge in [0.1, 0.15) is 5.78 Å². The maximum absolute atomic E-state index is 11.8. The summed E-state index contributed by atoms with van der Waals surface area (Å²) in [7, 11) is 0. The Morgan fingerprint density at radius 2 is 2.17 bits per heavy atom. The van der Waals surface area contributed by atoms with Gasteiger partial charge < -0.3 is 4.57 Å². The number of nitrogens with zero attached hydrogens (tertiary/aromatic N) is 2. The van der Waals surface area contributed by atoms with Gasteiger partial charge in [-0.3, -0.25) is 4.79 Å². The van der Waals surface area contributed by atoms with Crippen molar-refractivity contribution in [3.63, 3.8) is 0 Å². The van der Waals surface area contributed by atoms with E-state index in [0.29, 0.717) is 29.4 Å². The number of aromatic nitrogens is 2. The normalized spacial score (nSPS) is 10.6. The van der Waals surface area contributed by atoms with Gasteiger partial charge >= 0.3 is 0 Å². The van der Waals surface area contributed by atoms with Crippen LogP contribution < -0.4 is 0 Å². The molecule has 0 saturated carbocycles. The van der Waals surface area contributed by atoms with Crippen molar-refractivity contribution < 1.29 is 4.79 Å². The van der Waals surface area contributed by atoms with Crippen LogP contribution in [-0.4, -0.2) is 15.3 Å². The minimum atomic E-state index is 0.146. The van der Waals surface area contributed by atoms with Crippen molar-refractivity contribution in [2.24, 2.45) is 0 Å². The van der Waals surface area contributed by atoms with Crippen LogP contribution in [0.15, 0.2) is 36.9 Å². The van der Waals surface area contributed by atoms with Gasteiger partial charge in [-0.05, 0) is 17.7 Å². The maximum atomic E-state index is 11.8. The van der Waals surface area contributed by atoms with Gasteiger partial charge in [0.2, 0.25) is 0 Å². The molecule has 0 aliphatic heterocycles. The molecule has 0 amide bonds. The molecule has 0 aliphatic carbocycles. The number of aryl methyl sites for hydroxylation is 1. The summed E-state index contributed by atoms with van der Waals surface area (Å²) in [5.41, 5.74) is 0.816. The van der Waals surface area contributed by atoms with Crippen LogP contribution in [0.4, 0.5) is 0 Å². The Morgan fingerprint density at radius 3 is 2.83 bits per heavy atom. The van der Waals surface area contributed by atoms with Crippen molar-refractivity contribution in [1.82, 2.24) is 9.55 Å². The van der Waals surface area contributed by atoms with Gasteiger partial charge in [-0.25, -0.2) is 4.98 Å². The Labute approximate surface area is 115 Å². The van der Waals surface area contributed by atoms with E-state index in [9.17, 15) is 4.79 Å². The van der Waals surface area contributed by atoms with Gasteiger partial charge in [0.15, 0.2) is 0 Å². The van der Waals surface area contributed by atoms with E-state index in [0.717, 1.165) is 5.56 Å². The van der Waals surface area contributed by atoms with Crippen LogP contribution in [0.5, 0.6) is 0 Å². The molecule has 0 aliphatic rings. The van der Waals surface area contributed by atoms with Crippen LogP contribution >= 0.6 is 23.2 Å². The Kier molecular flexibility index (Phi) is 4.39. The fourth-order valence-corrected chi connectivity index (χ4v) is 2.11. The number of rotatable bonds is 5. The number of benzene rings is 1. The average molecular weight is 283 g/mol. The lowest BCUT2D eigenvalue weighted by atomic mass is 10.1. The summed E-state index contributed by atoms with van der Waals surface area (Å²) in [6.07, 6.45) is 6.03. The van der Waals surface area contributed by atoms with Crippen LogP contribution in [0.3, 0.4) is 0 Å². The molecule has 94 valence electrons. The summed E-state index contributed by atoms with van der Waals surface area (Å²) in [5.74, 6) is 0.146. The van der Waals surface area contributed by atoms with E-state index in [4.69, 9.17) is 23.2 Å². The summed E-state index contributed by atoms with van der Waals surface area (Å²) in [6, 6.07) is 5.19. The van der Waals surface area contributed by atoms with E-state index < -0.39 is 0 Å². The van der Waals surface area contributed by atoms with Gasteiger partial charge in [0.05, 0.1) is 6.33 Å². The zero-order chi connectivity index (χ0) is 13.0. The van der Waals surface area contributed by atoms with Crippen molar-refractivity contribution in [3.05, 3.63) is 52.5 Å². The van der Waals surface area contributed by atoms with Crippen molar-refractivity contribution in [1.29, 1.82) is 0 Å². The molecular weight excluding hydrogens is 271 g/mol. The quantitative estimate of drug-likeness (QED) is 0.843. The molecule has 3 nitrogen and oxygen atoms in total. The monoisotopic (exact) mass is 282 g/mol. The molecule has 0 unspecified atom stereocenters. The third-order valence-electron chi connectivity index (χ3n) is 2.61. The Balaban J connectivity index is 1.91. The first-order valence-electron chi connectivity index (χ1n) is 5.56. The van der Waals surface area contributed by atoms with Crippen LogP contribution in [0, 0.1) is 0 Å². The number of Topliss-reactive ketones (excluding diaryl/α,β-unsaturated/α-hetero) is 1. The van der Waals surface area contributed by atoms with Gasteiger partial charge in [-0.2, -0.15) is 0 Å². The molecule has 0 N–H and O–H groups in total. The van der Waals surface area contributed by atoms with Crippen LogP contribution in [0.1, 0.15) is 12.0 Å². The third-order valence-corrected chi connectivity index (χ3v) is 3.20. The van der Waals surface area contributed by atoms with E-state index in [-0.39, 0.29) is 5.78 Å². The SMILES string of the molecule is O=C(CCn1ccnc1)Cc1ccc(Cl)cc1Cl. The van der Waals surface area contributed by atoms with Gasteiger partial charge in [0, 0.05) is 41.8 Å². The summed E-state index contributed by atoms with van der Waals surface area (Å²) in [6.45, 7) is 0.643. The van der Waals surface area contributed by atoms with E-state index in [1.807, 2.05) is 10.8 Å². The minimum absolute atomic E-state index is 0.146. The number of hydrogen-bond acceptors (Lipinski definition) is 2. The lowest BCUT2D eigenvalue weighted by molar-refractivity contribution is -0.118. The third kappa shape index (κ3) is 3.59. The lowest BCUT2D eigenvalue weighted by Gasteiger charge is -2.05. The maximum Gasteiger partial charge on any atom is 0.139 e. The van der Waals surface area contributed by atoms with Gasteiger partial charge in [-0.1, -0.05) is 29.3 Å². The predicted octanol–water partition coefficient (Wildman–Crippen LogP) is 3.39. The first-order chi connectivity index (χ1) is 8.65. The molecule has 18 heavy (non-hydrogen) atoms. The summed E-state index contributed by atoms with van der Waals surface area (Å²) < 4.78 is 1.88. The molecule has 0 spiro atoms. The molecule has 2 aromatic rings. The average Bonchev–Trinajstić information content (AvgIpc) is 2.83. The van der Waals surface area contributed by atoms with Gasteiger partial charge in [0.25, 0.3) is 0 Å². The topological polar surface area (TPSA) is 34.9 Å². The zero-order valence-electron chi connectivity index (χ0n) is 9.64. The molecule has 0 radical (unpaired) electrons. The molecule has 1 aromatic heterocycles. The van der Waals surface area contributed by atoms with Crippen molar-refractivity contribution in [2.45, 2.75) is 19.4 Å². The lowest BCUT2D eigenvalue weighted by Crippen LogP contribution is -2.07. The van der Waals surface area contributed by atoms with E-state index in [1.165, 1.54) is 0 Å². The molecule has 0 saturated heterocycles. The molecule has 0 atom stereocenters. The van der Waals surface area contributed by atoms with Crippen molar-refractivity contribution in [2.75, 3.05) is 0 Å². The van der Waals surface area contributed by atoms with E-state index in [1.54, 1.807) is 30.7 Å². The molecule has 1 heterocycles. The number of ketones is 1. The number of carbonyl (C=O) groups excluding carboxylic acids is 1. The smallest absolute Gasteiger partial charge is 0.139 e. The number of imidazole rings is 1. The van der Waals surface area contributed by atoms with Gasteiger partial charge in [-0.15, -0.1) is 0 Å². The van der Waals surface area contributed by atoms with E-state index in [2.05, 4.69) is 4.98 Å². The van der Waals surface area contributed by atoms with Crippen molar-refractivity contribution in [3.8, 4) is 0 Å². The first kappa shape index (κ1) is 13.1. The Morgan fingerprint density at radius 1 is 1.33 bits per heavy atom. The second-order valence-electron chi connectivity index (χ2n) is 4.00. The highest BCUT2D eigenvalue weighted by molar-refractivity contribution is 6.35. The summed E-state index contributed by atoms with van der Waals surface area (Å²) in [5, 5.41) is 1.12. The largest absolute Gasteiger partial charge is 0.337 e. The van der Waals surface area contributed by atoms with Crippen LogP contribution in [0.25, 0.3) is 0 Å². The molecular formula is C13H12Cl2N2O. The highest BCUT2D eigenvalue weighted by Crippen LogP contribution is 2.21. The fraction of sp³-hybridized carbons (Fsp3) is 0.231. The molecule has 1 aromatic carbocycles. The van der Waals surface area contributed by atoms with Crippen LogP contribution in [0.2, 0.25) is 10.0 Å². The zero-order valence-corrected chi connectivity index (χ0v) is 11.2. The Hall–Kier alpha value is -1.32. The van der Waals surface area contributed by atoms with Crippen molar-refractivity contribution >= 4 is 29.0 Å². The molecule has 0 fully saturated rings. The highest BCUT2D eigenvalue weighted by atomic mass is 35.5. The predicted molar refractivity (Wildman–Crippen MR) is 72.0 cm³/mol. The number of hydrogen-bond donors (Lipinski definition) is 0. The number of carbonyl (C=O) groups is 1. The molecule has 2 rings (SSSR count). The minimum Gasteiger partial charge on any atom is -0.337 e. The molecule has 0 bridgehead atoms. The molecule has 5 heteroatoms. The first-order valence-corrected chi connectivity index (χ1v) is 6.32. The second kappa shape index (κ2) is 6.03. The van der Waals surface area contributed by atoms with E-state index >= 15 is 0 Å². The highest BCUT2D eigenvalue weighted by Gasteiger charge is 2.07.